The number of Topliss-reactive ketones (excluding diaryl/α,β-unsaturated/α-hetero) is 1. The Labute approximate surface area is 167 Å². The molecule has 0 unspecified atom stereocenters. The zero-order valence-corrected chi connectivity index (χ0v) is 17.7. The van der Waals surface area contributed by atoms with Crippen LogP contribution >= 0.6 is 0 Å². The Bertz CT molecular complexity index is 782. The third-order valence-electron chi connectivity index (χ3n) is 6.98. The molecule has 1 aliphatic carbocycles. The first kappa shape index (κ1) is 20.6. The van der Waals surface area contributed by atoms with Gasteiger partial charge in [-0.1, -0.05) is 26.7 Å². The number of ketones is 1. The quantitative estimate of drug-likeness (QED) is 0.574. The number of ether oxygens (including phenoxy) is 1. The predicted octanol–water partition coefficient (Wildman–Crippen LogP) is 3.04. The summed E-state index contributed by atoms with van der Waals surface area (Å²) in [6.07, 6.45) is 3.52. The highest BCUT2D eigenvalue weighted by molar-refractivity contribution is 5.99. The van der Waals surface area contributed by atoms with Gasteiger partial charge in [0.2, 0.25) is 11.7 Å². The molecule has 1 aromatic rings. The minimum absolute atomic E-state index is 0.0359. The number of carbonyl (C=O) groups excluding carboxylic acids is 3. The average molecular weight is 389 g/mol. The summed E-state index contributed by atoms with van der Waals surface area (Å²) in [6.45, 7) is 8.39. The average Bonchev–Trinajstić information content (AvgIpc) is 3.17. The summed E-state index contributed by atoms with van der Waals surface area (Å²) in [4.78, 5) is 39.4. The smallest absolute Gasteiger partial charge is 0.311 e. The van der Waals surface area contributed by atoms with Gasteiger partial charge in [0.15, 0.2) is 6.61 Å². The maximum Gasteiger partial charge on any atom is 0.311 e. The van der Waals surface area contributed by atoms with Crippen LogP contribution < -0.4 is 0 Å². The minimum Gasteiger partial charge on any atom is -0.457 e. The second-order valence-electron chi connectivity index (χ2n) is 8.66. The van der Waals surface area contributed by atoms with Crippen molar-refractivity contribution in [2.45, 2.75) is 59.4 Å². The first-order valence-corrected chi connectivity index (χ1v) is 10.3. The van der Waals surface area contributed by atoms with Crippen molar-refractivity contribution >= 4 is 17.7 Å². The van der Waals surface area contributed by atoms with Crippen LogP contribution in [-0.4, -0.2) is 46.3 Å². The normalized spacial score (nSPS) is 27.9. The van der Waals surface area contributed by atoms with Crippen LogP contribution in [0.25, 0.3) is 0 Å². The zero-order chi connectivity index (χ0) is 20.6. The molecule has 1 aliphatic heterocycles. The Morgan fingerprint density at radius 2 is 1.93 bits per heavy atom. The van der Waals surface area contributed by atoms with Gasteiger partial charge in [0.1, 0.15) is 0 Å². The highest BCUT2D eigenvalue weighted by Gasteiger charge is 2.42. The van der Waals surface area contributed by atoms with Crippen LogP contribution in [0.15, 0.2) is 6.07 Å². The van der Waals surface area contributed by atoms with E-state index in [9.17, 15) is 14.4 Å². The van der Waals surface area contributed by atoms with E-state index in [1.165, 1.54) is 6.42 Å². The Kier molecular flexibility index (Phi) is 5.96. The molecule has 2 fully saturated rings. The number of aryl methyl sites for hydroxylation is 1. The van der Waals surface area contributed by atoms with Crippen LogP contribution in [-0.2, 0) is 21.4 Å². The molecule has 0 N–H and O–H groups in total. The summed E-state index contributed by atoms with van der Waals surface area (Å²) < 4.78 is 7.24. The lowest BCUT2D eigenvalue weighted by atomic mass is 9.77. The molecular weight excluding hydrogens is 356 g/mol. The molecule has 2 aliphatic rings. The highest BCUT2D eigenvalue weighted by atomic mass is 16.5. The molecule has 1 saturated heterocycles. The molecular formula is C22H32N2O4. The molecule has 3 rings (SSSR count). The van der Waals surface area contributed by atoms with Gasteiger partial charge in [0, 0.05) is 43.0 Å². The summed E-state index contributed by atoms with van der Waals surface area (Å²) in [5.74, 6) is -0.0420. The van der Waals surface area contributed by atoms with Gasteiger partial charge < -0.3 is 14.2 Å². The maximum atomic E-state index is 12.5. The SMILES string of the molecule is Cc1cc(C(=O)COC(=O)[C@H]2CC(=O)N([C@H]3CCC[C@H](C)[C@@H]3C)C2)c(C)n1C. The molecule has 2 heterocycles. The molecule has 1 aromatic heterocycles. The highest BCUT2D eigenvalue weighted by Crippen LogP contribution is 2.35. The molecule has 1 saturated carbocycles. The van der Waals surface area contributed by atoms with Gasteiger partial charge in [-0.15, -0.1) is 0 Å². The van der Waals surface area contributed by atoms with Crippen LogP contribution in [0, 0.1) is 31.6 Å². The van der Waals surface area contributed by atoms with Crippen molar-refractivity contribution in [1.82, 2.24) is 9.47 Å². The molecule has 0 bridgehead atoms. The number of esters is 1. The van der Waals surface area contributed by atoms with Gasteiger partial charge in [-0.25, -0.2) is 0 Å². The first-order valence-electron chi connectivity index (χ1n) is 10.3. The van der Waals surface area contributed by atoms with Gasteiger partial charge in [-0.3, -0.25) is 14.4 Å². The fourth-order valence-electron chi connectivity index (χ4n) is 4.67. The number of likely N-dealkylation sites (tertiary alicyclic amines) is 1. The van der Waals surface area contributed by atoms with Gasteiger partial charge >= 0.3 is 5.97 Å². The van der Waals surface area contributed by atoms with Gasteiger partial charge in [-0.05, 0) is 38.2 Å². The van der Waals surface area contributed by atoms with E-state index in [4.69, 9.17) is 4.74 Å². The number of hydrogen-bond donors (Lipinski definition) is 0. The largest absolute Gasteiger partial charge is 0.457 e. The number of hydrogen-bond acceptors (Lipinski definition) is 4. The van der Waals surface area contributed by atoms with E-state index in [-0.39, 0.29) is 30.8 Å². The van der Waals surface area contributed by atoms with Crippen molar-refractivity contribution < 1.29 is 19.1 Å². The second-order valence-corrected chi connectivity index (χ2v) is 8.66. The number of rotatable bonds is 5. The molecule has 28 heavy (non-hydrogen) atoms. The van der Waals surface area contributed by atoms with Crippen LogP contribution in [0.5, 0.6) is 0 Å². The minimum atomic E-state index is -0.469. The van der Waals surface area contributed by atoms with E-state index in [0.29, 0.717) is 23.9 Å². The summed E-state index contributed by atoms with van der Waals surface area (Å²) in [7, 11) is 1.90. The monoisotopic (exact) mass is 388 g/mol. The van der Waals surface area contributed by atoms with E-state index >= 15 is 0 Å². The molecule has 4 atom stereocenters. The molecule has 0 spiro atoms. The molecule has 154 valence electrons. The Balaban J connectivity index is 1.57. The Morgan fingerprint density at radius 3 is 2.57 bits per heavy atom. The third-order valence-corrected chi connectivity index (χ3v) is 6.98. The fraction of sp³-hybridized carbons (Fsp3) is 0.682. The lowest BCUT2D eigenvalue weighted by molar-refractivity contribution is -0.147. The van der Waals surface area contributed by atoms with Crippen molar-refractivity contribution in [2.24, 2.45) is 24.8 Å². The molecule has 0 aromatic carbocycles. The number of amides is 1. The van der Waals surface area contributed by atoms with Gasteiger partial charge in [-0.2, -0.15) is 0 Å². The fourth-order valence-corrected chi connectivity index (χ4v) is 4.67. The third kappa shape index (κ3) is 3.87. The van der Waals surface area contributed by atoms with Crippen LogP contribution in [0.1, 0.15) is 61.3 Å². The lowest BCUT2D eigenvalue weighted by Crippen LogP contribution is -2.45. The molecule has 0 radical (unpaired) electrons. The first-order chi connectivity index (χ1) is 13.2. The lowest BCUT2D eigenvalue weighted by Gasteiger charge is -2.39. The van der Waals surface area contributed by atoms with E-state index in [1.54, 1.807) is 0 Å². The zero-order valence-electron chi connectivity index (χ0n) is 17.7. The Morgan fingerprint density at radius 1 is 1.21 bits per heavy atom. The van der Waals surface area contributed by atoms with Crippen molar-refractivity contribution in [1.29, 1.82) is 0 Å². The molecule has 1 amide bonds. The predicted molar refractivity (Wildman–Crippen MR) is 106 cm³/mol. The summed E-state index contributed by atoms with van der Waals surface area (Å²) >= 11 is 0. The van der Waals surface area contributed by atoms with E-state index in [0.717, 1.165) is 24.2 Å². The van der Waals surface area contributed by atoms with E-state index in [2.05, 4.69) is 13.8 Å². The topological polar surface area (TPSA) is 68.6 Å². The van der Waals surface area contributed by atoms with Crippen LogP contribution in [0.4, 0.5) is 0 Å². The summed E-state index contributed by atoms with van der Waals surface area (Å²) in [6, 6.07) is 2.03. The number of carbonyl (C=O) groups is 3. The molecule has 6 nitrogen and oxygen atoms in total. The second kappa shape index (κ2) is 8.10. The molecule has 6 heteroatoms. The summed E-state index contributed by atoms with van der Waals surface area (Å²) in [5, 5.41) is 0. The van der Waals surface area contributed by atoms with Gasteiger partial charge in [0.25, 0.3) is 0 Å². The van der Waals surface area contributed by atoms with E-state index < -0.39 is 11.9 Å². The van der Waals surface area contributed by atoms with Crippen molar-refractivity contribution in [3.05, 3.63) is 23.0 Å². The standard InChI is InChI=1S/C22H32N2O4/c1-13-7-6-8-19(15(13)3)24-11-17(10-21(24)26)22(27)28-12-20(25)18-9-14(2)23(5)16(18)4/h9,13,15,17,19H,6-8,10-12H2,1-5H3/t13-,15-,17-,19-/m0/s1. The maximum absolute atomic E-state index is 12.5. The van der Waals surface area contributed by atoms with Crippen LogP contribution in [0.3, 0.4) is 0 Å². The van der Waals surface area contributed by atoms with Crippen molar-refractivity contribution in [3.8, 4) is 0 Å². The van der Waals surface area contributed by atoms with Crippen LogP contribution in [0.2, 0.25) is 0 Å². The van der Waals surface area contributed by atoms with Crippen molar-refractivity contribution in [3.63, 3.8) is 0 Å². The number of nitrogens with zero attached hydrogens (tertiary/aromatic N) is 2. The van der Waals surface area contributed by atoms with E-state index in [1.807, 2.05) is 36.4 Å². The summed E-state index contributed by atoms with van der Waals surface area (Å²) in [5.41, 5.74) is 2.43. The Hall–Kier alpha value is -2.11. The van der Waals surface area contributed by atoms with Crippen molar-refractivity contribution in [2.75, 3.05) is 13.2 Å². The number of aromatic nitrogens is 1. The van der Waals surface area contributed by atoms with Gasteiger partial charge in [0.05, 0.1) is 5.92 Å².